The van der Waals surface area contributed by atoms with Crippen molar-refractivity contribution in [3.63, 3.8) is 0 Å². The van der Waals surface area contributed by atoms with Gasteiger partial charge in [0.15, 0.2) is 5.01 Å². The fourth-order valence-corrected chi connectivity index (χ4v) is 5.28. The lowest BCUT2D eigenvalue weighted by Gasteiger charge is -2.18. The van der Waals surface area contributed by atoms with E-state index in [1.54, 1.807) is 38.1 Å². The first-order valence-electron chi connectivity index (χ1n) is 8.97. The molecule has 1 aromatic heterocycles. The average molecular weight is 469 g/mol. The minimum atomic E-state index is -3.84. The Labute approximate surface area is 182 Å². The maximum atomic E-state index is 14.3. The number of nitrogens with zero attached hydrogens (tertiary/aromatic N) is 3. The summed E-state index contributed by atoms with van der Waals surface area (Å²) >= 11 is 7.20. The monoisotopic (exact) mass is 468 g/mol. The normalized spacial score (nSPS) is 11.6. The van der Waals surface area contributed by atoms with Crippen molar-refractivity contribution in [1.82, 2.24) is 14.5 Å². The van der Waals surface area contributed by atoms with Crippen LogP contribution in [-0.4, -0.2) is 41.9 Å². The molecule has 0 atom stereocenters. The van der Waals surface area contributed by atoms with Crippen molar-refractivity contribution in [2.45, 2.75) is 18.7 Å². The Morgan fingerprint density at radius 2 is 1.87 bits per heavy atom. The van der Waals surface area contributed by atoms with E-state index in [-0.39, 0.29) is 23.1 Å². The lowest BCUT2D eigenvalue weighted by molar-refractivity contribution is 0.102. The van der Waals surface area contributed by atoms with Crippen molar-refractivity contribution >= 4 is 44.0 Å². The molecule has 3 rings (SSSR count). The third kappa shape index (κ3) is 4.51. The van der Waals surface area contributed by atoms with Gasteiger partial charge in [0, 0.05) is 18.7 Å². The van der Waals surface area contributed by atoms with Crippen LogP contribution in [0.3, 0.4) is 0 Å². The van der Waals surface area contributed by atoms with Crippen LogP contribution in [0, 0.1) is 5.82 Å². The Hall–Kier alpha value is -2.40. The average Bonchev–Trinajstić information content (AvgIpc) is 3.17. The summed E-state index contributed by atoms with van der Waals surface area (Å²) < 4.78 is 40.8. The summed E-state index contributed by atoms with van der Waals surface area (Å²) in [4.78, 5) is 12.4. The molecule has 0 aliphatic heterocycles. The minimum Gasteiger partial charge on any atom is -0.296 e. The van der Waals surface area contributed by atoms with Crippen LogP contribution in [0.5, 0.6) is 0 Å². The van der Waals surface area contributed by atoms with Crippen LogP contribution < -0.4 is 5.32 Å². The van der Waals surface area contributed by atoms with E-state index in [1.807, 2.05) is 0 Å². The highest BCUT2D eigenvalue weighted by Gasteiger charge is 2.24. The predicted octanol–water partition coefficient (Wildman–Crippen LogP) is 4.28. The summed E-state index contributed by atoms with van der Waals surface area (Å²) in [5, 5.41) is 11.4. The van der Waals surface area contributed by atoms with Crippen molar-refractivity contribution < 1.29 is 17.6 Å². The standard InChI is InChI=1S/C19H18ClFN4O3S2/c1-3-25(4-2)30(27,28)12-9-10-16(21)14(11-12)17(26)22-19-24-23-18(29-19)13-7-5-6-8-15(13)20/h5-11H,3-4H2,1-2H3,(H,22,24,26). The quantitative estimate of drug-likeness (QED) is 0.558. The first kappa shape index (κ1) is 22.3. The van der Waals surface area contributed by atoms with E-state index in [2.05, 4.69) is 15.5 Å². The number of hydrogen-bond donors (Lipinski definition) is 1. The molecular formula is C19H18ClFN4O3S2. The smallest absolute Gasteiger partial charge is 0.260 e. The molecule has 1 heterocycles. The highest BCUT2D eigenvalue weighted by atomic mass is 35.5. The number of aromatic nitrogens is 2. The van der Waals surface area contributed by atoms with Gasteiger partial charge in [-0.2, -0.15) is 4.31 Å². The maximum absolute atomic E-state index is 14.3. The van der Waals surface area contributed by atoms with Crippen molar-refractivity contribution in [3.8, 4) is 10.6 Å². The van der Waals surface area contributed by atoms with Gasteiger partial charge in [0.2, 0.25) is 15.2 Å². The summed E-state index contributed by atoms with van der Waals surface area (Å²) in [7, 11) is -3.84. The molecule has 0 aliphatic carbocycles. The van der Waals surface area contributed by atoms with Gasteiger partial charge in [-0.15, -0.1) is 10.2 Å². The Bertz CT molecular complexity index is 1180. The number of rotatable bonds is 7. The van der Waals surface area contributed by atoms with Gasteiger partial charge in [0.1, 0.15) is 5.82 Å². The first-order chi connectivity index (χ1) is 14.3. The van der Waals surface area contributed by atoms with E-state index in [1.165, 1.54) is 4.31 Å². The summed E-state index contributed by atoms with van der Waals surface area (Å²) in [5.41, 5.74) is 0.244. The number of anilines is 1. The summed E-state index contributed by atoms with van der Waals surface area (Å²) in [6.45, 7) is 3.91. The molecule has 2 aromatic carbocycles. The van der Waals surface area contributed by atoms with E-state index in [0.717, 1.165) is 29.5 Å². The van der Waals surface area contributed by atoms with Crippen LogP contribution in [0.15, 0.2) is 47.4 Å². The van der Waals surface area contributed by atoms with Crippen LogP contribution in [0.1, 0.15) is 24.2 Å². The molecule has 0 radical (unpaired) electrons. The Morgan fingerprint density at radius 1 is 1.17 bits per heavy atom. The molecule has 0 saturated heterocycles. The van der Waals surface area contributed by atoms with Gasteiger partial charge in [-0.1, -0.05) is 55.0 Å². The fourth-order valence-electron chi connectivity index (χ4n) is 2.73. The van der Waals surface area contributed by atoms with Crippen LogP contribution >= 0.6 is 22.9 Å². The van der Waals surface area contributed by atoms with Crippen LogP contribution in [0.4, 0.5) is 9.52 Å². The second-order valence-electron chi connectivity index (χ2n) is 6.08. The molecule has 3 aromatic rings. The van der Waals surface area contributed by atoms with Crippen molar-refractivity contribution in [2.24, 2.45) is 0 Å². The number of carbonyl (C=O) groups is 1. The second kappa shape index (κ2) is 9.17. The Kier molecular flexibility index (Phi) is 6.81. The van der Waals surface area contributed by atoms with Gasteiger partial charge in [-0.05, 0) is 24.3 Å². The second-order valence-corrected chi connectivity index (χ2v) is 9.40. The number of carbonyl (C=O) groups excluding carboxylic acids is 1. The lowest BCUT2D eigenvalue weighted by Crippen LogP contribution is -2.31. The molecule has 158 valence electrons. The van der Waals surface area contributed by atoms with E-state index < -0.39 is 27.3 Å². The van der Waals surface area contributed by atoms with Gasteiger partial charge >= 0.3 is 0 Å². The molecule has 11 heteroatoms. The number of benzene rings is 2. The molecule has 30 heavy (non-hydrogen) atoms. The molecule has 1 amide bonds. The van der Waals surface area contributed by atoms with Crippen LogP contribution in [0.25, 0.3) is 10.6 Å². The minimum absolute atomic E-state index is 0.131. The van der Waals surface area contributed by atoms with Gasteiger partial charge in [0.05, 0.1) is 15.5 Å². The van der Waals surface area contributed by atoms with Gasteiger partial charge in [-0.3, -0.25) is 10.1 Å². The van der Waals surface area contributed by atoms with Crippen molar-refractivity contribution in [2.75, 3.05) is 18.4 Å². The highest BCUT2D eigenvalue weighted by molar-refractivity contribution is 7.89. The van der Waals surface area contributed by atoms with E-state index in [9.17, 15) is 17.6 Å². The topological polar surface area (TPSA) is 92.3 Å². The molecular weight excluding hydrogens is 451 g/mol. The summed E-state index contributed by atoms with van der Waals surface area (Å²) in [6.07, 6.45) is 0. The van der Waals surface area contributed by atoms with Gasteiger partial charge < -0.3 is 0 Å². The zero-order chi connectivity index (χ0) is 21.9. The fraction of sp³-hybridized carbons (Fsp3) is 0.211. The molecule has 0 saturated carbocycles. The number of nitrogens with one attached hydrogen (secondary N) is 1. The first-order valence-corrected chi connectivity index (χ1v) is 11.6. The lowest BCUT2D eigenvalue weighted by atomic mass is 10.2. The van der Waals surface area contributed by atoms with Gasteiger partial charge in [0.25, 0.3) is 5.91 Å². The summed E-state index contributed by atoms with van der Waals surface area (Å²) in [6, 6.07) is 10.1. The summed E-state index contributed by atoms with van der Waals surface area (Å²) in [5.74, 6) is -1.67. The van der Waals surface area contributed by atoms with Crippen molar-refractivity contribution in [3.05, 3.63) is 58.9 Å². The van der Waals surface area contributed by atoms with E-state index >= 15 is 0 Å². The maximum Gasteiger partial charge on any atom is 0.260 e. The van der Waals surface area contributed by atoms with Crippen molar-refractivity contribution in [1.29, 1.82) is 0 Å². The van der Waals surface area contributed by atoms with Crippen LogP contribution in [0.2, 0.25) is 5.02 Å². The molecule has 0 bridgehead atoms. The third-order valence-electron chi connectivity index (χ3n) is 4.28. The molecule has 0 unspecified atom stereocenters. The third-order valence-corrected chi connectivity index (χ3v) is 7.52. The number of hydrogen-bond acceptors (Lipinski definition) is 6. The molecule has 1 N–H and O–H groups in total. The molecule has 0 aliphatic rings. The van der Waals surface area contributed by atoms with Crippen LogP contribution in [-0.2, 0) is 10.0 Å². The SMILES string of the molecule is CCN(CC)S(=O)(=O)c1ccc(F)c(C(=O)Nc2nnc(-c3ccccc3Cl)s2)c1. The van der Waals surface area contributed by atoms with Gasteiger partial charge in [-0.25, -0.2) is 12.8 Å². The molecule has 7 nitrogen and oxygen atoms in total. The predicted molar refractivity (Wildman–Crippen MR) is 115 cm³/mol. The Balaban J connectivity index is 1.87. The number of halogens is 2. The number of amides is 1. The largest absolute Gasteiger partial charge is 0.296 e. The van der Waals surface area contributed by atoms with E-state index in [4.69, 9.17) is 11.6 Å². The molecule has 0 spiro atoms. The number of sulfonamides is 1. The Morgan fingerprint density at radius 3 is 2.53 bits per heavy atom. The molecule has 0 fully saturated rings. The zero-order valence-corrected chi connectivity index (χ0v) is 18.5. The highest BCUT2D eigenvalue weighted by Crippen LogP contribution is 2.32. The van der Waals surface area contributed by atoms with E-state index in [0.29, 0.717) is 15.6 Å². The zero-order valence-electron chi connectivity index (χ0n) is 16.1.